The number of anilines is 1. The second-order valence-electron chi connectivity index (χ2n) is 8.54. The highest BCUT2D eigenvalue weighted by atomic mass is 35.5. The van der Waals surface area contributed by atoms with Crippen molar-refractivity contribution in [1.29, 1.82) is 0 Å². The number of halogens is 4. The molecule has 0 radical (unpaired) electrons. The molecule has 2 aliphatic carbocycles. The molecule has 2 unspecified atom stereocenters. The third-order valence-corrected chi connectivity index (χ3v) is 9.23. The van der Waals surface area contributed by atoms with E-state index in [-0.39, 0.29) is 33.0 Å². The molecule has 2 aromatic carbocycles. The summed E-state index contributed by atoms with van der Waals surface area (Å²) in [5.41, 5.74) is -0.329. The second kappa shape index (κ2) is 8.13. The Morgan fingerprint density at radius 3 is 2.19 bits per heavy atom. The highest BCUT2D eigenvalue weighted by molar-refractivity contribution is 7.92. The van der Waals surface area contributed by atoms with E-state index in [0.29, 0.717) is 18.1 Å². The minimum absolute atomic E-state index is 0.0217. The van der Waals surface area contributed by atoms with Crippen LogP contribution in [0.4, 0.5) is 18.9 Å². The molecule has 2 atom stereocenters. The minimum atomic E-state index is -3.78. The summed E-state index contributed by atoms with van der Waals surface area (Å²) >= 11 is 6.22. The van der Waals surface area contributed by atoms with Gasteiger partial charge in [0.05, 0.1) is 15.2 Å². The van der Waals surface area contributed by atoms with E-state index in [1.807, 2.05) is 0 Å². The van der Waals surface area contributed by atoms with Gasteiger partial charge in [-0.3, -0.25) is 4.79 Å². The molecule has 0 aliphatic heterocycles. The molecule has 2 aromatic rings. The highest BCUT2D eigenvalue weighted by Crippen LogP contribution is 2.50. The molecule has 0 saturated heterocycles. The molecule has 4 rings (SSSR count). The maximum absolute atomic E-state index is 13.5. The molecule has 9 heteroatoms. The first-order chi connectivity index (χ1) is 14.6. The molecule has 0 spiro atoms. The summed E-state index contributed by atoms with van der Waals surface area (Å²) in [4.78, 5) is 12.5. The predicted molar refractivity (Wildman–Crippen MR) is 111 cm³/mol. The van der Waals surface area contributed by atoms with Crippen LogP contribution in [0.2, 0.25) is 5.02 Å². The van der Waals surface area contributed by atoms with Gasteiger partial charge in [0.25, 0.3) is 5.91 Å². The van der Waals surface area contributed by atoms with E-state index in [1.165, 1.54) is 18.2 Å². The van der Waals surface area contributed by atoms with Crippen LogP contribution in [-0.2, 0) is 9.84 Å². The monoisotopic (exact) mass is 471 g/mol. The summed E-state index contributed by atoms with van der Waals surface area (Å²) in [5, 5.41) is 1.75. The Hall–Kier alpha value is -2.06. The van der Waals surface area contributed by atoms with Crippen LogP contribution in [0.3, 0.4) is 0 Å². The van der Waals surface area contributed by atoms with Crippen molar-refractivity contribution in [3.8, 4) is 0 Å². The summed E-state index contributed by atoms with van der Waals surface area (Å²) < 4.78 is 66.9. The zero-order chi connectivity index (χ0) is 22.5. The lowest BCUT2D eigenvalue weighted by Gasteiger charge is -2.33. The van der Waals surface area contributed by atoms with Crippen molar-refractivity contribution < 1.29 is 26.4 Å². The van der Waals surface area contributed by atoms with Gasteiger partial charge in [0, 0.05) is 23.4 Å². The second-order valence-corrected chi connectivity index (χ2v) is 11.0. The molecular formula is C22H21ClF3NO3S. The van der Waals surface area contributed by atoms with Crippen molar-refractivity contribution in [2.24, 2.45) is 17.8 Å². The summed E-state index contributed by atoms with van der Waals surface area (Å²) in [7, 11) is -3.78. The number of carbonyl (C=O) groups is 1. The van der Waals surface area contributed by atoms with E-state index < -0.39 is 38.4 Å². The Kier molecular flexibility index (Phi) is 5.81. The lowest BCUT2D eigenvalue weighted by atomic mass is 9.82. The third-order valence-electron chi connectivity index (χ3n) is 6.35. The summed E-state index contributed by atoms with van der Waals surface area (Å²) in [6, 6.07) is 5.13. The highest BCUT2D eigenvalue weighted by Gasteiger charge is 2.49. The van der Waals surface area contributed by atoms with Crippen LogP contribution in [0.25, 0.3) is 0 Å². The molecule has 0 aromatic heterocycles. The molecule has 2 saturated carbocycles. The first kappa shape index (κ1) is 22.1. The molecule has 2 aliphatic rings. The van der Waals surface area contributed by atoms with Crippen molar-refractivity contribution in [3.05, 3.63) is 58.4 Å². The average Bonchev–Trinajstić information content (AvgIpc) is 2.99. The number of fused-ring (bicyclic) bond motifs is 2. The lowest BCUT2D eigenvalue weighted by Crippen LogP contribution is -2.37. The summed E-state index contributed by atoms with van der Waals surface area (Å²) in [6.45, 7) is 2.13. The van der Waals surface area contributed by atoms with E-state index in [4.69, 9.17) is 11.6 Å². The van der Waals surface area contributed by atoms with Gasteiger partial charge in [0.15, 0.2) is 27.3 Å². The lowest BCUT2D eigenvalue weighted by molar-refractivity contribution is 0.102. The zero-order valence-corrected chi connectivity index (χ0v) is 18.2. The van der Waals surface area contributed by atoms with Crippen molar-refractivity contribution in [2.75, 3.05) is 5.32 Å². The smallest absolute Gasteiger partial charge is 0.255 e. The van der Waals surface area contributed by atoms with Crippen LogP contribution in [0.5, 0.6) is 0 Å². The number of carbonyl (C=O) groups excluding carboxylic acids is 1. The molecule has 2 fully saturated rings. The Bertz CT molecular complexity index is 1120. The fourth-order valence-electron chi connectivity index (χ4n) is 5.12. The number of hydrogen-bond acceptors (Lipinski definition) is 3. The maximum atomic E-state index is 13.5. The van der Waals surface area contributed by atoms with Crippen LogP contribution >= 0.6 is 11.6 Å². The fraction of sp³-hybridized carbons (Fsp3) is 0.409. The first-order valence-electron chi connectivity index (χ1n) is 10.1. The molecule has 166 valence electrons. The van der Waals surface area contributed by atoms with Gasteiger partial charge in [-0.2, -0.15) is 0 Å². The molecule has 31 heavy (non-hydrogen) atoms. The van der Waals surface area contributed by atoms with Crippen LogP contribution in [0.1, 0.15) is 43.0 Å². The van der Waals surface area contributed by atoms with Gasteiger partial charge < -0.3 is 5.32 Å². The Morgan fingerprint density at radius 1 is 1.03 bits per heavy atom. The summed E-state index contributed by atoms with van der Waals surface area (Å²) in [5.74, 6) is -4.72. The van der Waals surface area contributed by atoms with Gasteiger partial charge in [-0.05, 0) is 61.6 Å². The normalized spacial score (nSPS) is 25.5. The van der Waals surface area contributed by atoms with Gasteiger partial charge in [-0.15, -0.1) is 0 Å². The van der Waals surface area contributed by atoms with Crippen molar-refractivity contribution in [2.45, 2.75) is 42.8 Å². The standard InChI is InChI=1S/C22H21ClF3NO3S/c1-11-6-12-2-3-13(7-11)21(12)31(29,30)19-8-14(4-5-16(19)23)22(28)27-15-9-17(24)20(26)18(25)10-15/h4-5,8-13,21H,2-3,6-7H2,1H3,(H,27,28). The van der Waals surface area contributed by atoms with Gasteiger partial charge in [0.1, 0.15) is 0 Å². The number of hydrogen-bond donors (Lipinski definition) is 1. The number of sulfone groups is 1. The quantitative estimate of drug-likeness (QED) is 0.590. The molecule has 2 bridgehead atoms. The van der Waals surface area contributed by atoms with E-state index in [9.17, 15) is 26.4 Å². The minimum Gasteiger partial charge on any atom is -0.322 e. The topological polar surface area (TPSA) is 63.2 Å². The number of rotatable bonds is 4. The van der Waals surface area contributed by atoms with Gasteiger partial charge in [-0.25, -0.2) is 21.6 Å². The fourth-order valence-corrected chi connectivity index (χ4v) is 7.99. The van der Waals surface area contributed by atoms with Crippen molar-refractivity contribution in [3.63, 3.8) is 0 Å². The summed E-state index contributed by atoms with van der Waals surface area (Å²) in [6.07, 6.45) is 3.41. The molecule has 1 amide bonds. The molecule has 0 heterocycles. The average molecular weight is 472 g/mol. The molecule has 1 N–H and O–H groups in total. The van der Waals surface area contributed by atoms with E-state index >= 15 is 0 Å². The SMILES string of the molecule is CC1CC2CCC(C1)C2S(=O)(=O)c1cc(C(=O)Nc2cc(F)c(F)c(F)c2)ccc1Cl. The zero-order valence-electron chi connectivity index (χ0n) is 16.7. The Labute approximate surface area is 183 Å². The van der Waals surface area contributed by atoms with E-state index in [0.717, 1.165) is 25.7 Å². The Morgan fingerprint density at radius 2 is 1.61 bits per heavy atom. The molecular weight excluding hydrogens is 451 g/mol. The van der Waals surface area contributed by atoms with E-state index in [2.05, 4.69) is 12.2 Å². The van der Waals surface area contributed by atoms with Gasteiger partial charge in [-0.1, -0.05) is 18.5 Å². The largest absolute Gasteiger partial charge is 0.322 e. The van der Waals surface area contributed by atoms with Crippen molar-refractivity contribution in [1.82, 2.24) is 0 Å². The van der Waals surface area contributed by atoms with Crippen LogP contribution in [0.15, 0.2) is 35.2 Å². The number of benzene rings is 2. The maximum Gasteiger partial charge on any atom is 0.255 e. The first-order valence-corrected chi connectivity index (χ1v) is 12.0. The van der Waals surface area contributed by atoms with Crippen LogP contribution < -0.4 is 5.32 Å². The van der Waals surface area contributed by atoms with E-state index in [1.54, 1.807) is 0 Å². The predicted octanol–water partition coefficient (Wildman–Crippen LogP) is 5.61. The number of nitrogens with one attached hydrogen (secondary N) is 1. The van der Waals surface area contributed by atoms with Crippen LogP contribution in [0, 0.1) is 35.2 Å². The van der Waals surface area contributed by atoms with Crippen LogP contribution in [-0.4, -0.2) is 19.6 Å². The number of amides is 1. The van der Waals surface area contributed by atoms with Crippen molar-refractivity contribution >= 4 is 33.0 Å². The molecule has 4 nitrogen and oxygen atoms in total. The third kappa shape index (κ3) is 4.07. The Balaban J connectivity index is 1.64. The van der Waals surface area contributed by atoms with Gasteiger partial charge in [0.2, 0.25) is 0 Å². The van der Waals surface area contributed by atoms with Gasteiger partial charge >= 0.3 is 0 Å².